The van der Waals surface area contributed by atoms with Gasteiger partial charge in [-0.3, -0.25) is 0 Å². The molecule has 0 aliphatic carbocycles. The highest BCUT2D eigenvalue weighted by molar-refractivity contribution is 5.48. The van der Waals surface area contributed by atoms with Crippen molar-refractivity contribution in [1.82, 2.24) is 0 Å². The van der Waals surface area contributed by atoms with Crippen LogP contribution in [0.4, 0.5) is 0 Å². The van der Waals surface area contributed by atoms with Crippen LogP contribution in [0.2, 0.25) is 0 Å². The smallest absolute Gasteiger partial charge is 0.0713 e. The summed E-state index contributed by atoms with van der Waals surface area (Å²) in [7, 11) is 0. The van der Waals surface area contributed by atoms with E-state index in [0.717, 1.165) is 6.42 Å². The first-order chi connectivity index (χ1) is 5.93. The van der Waals surface area contributed by atoms with Gasteiger partial charge in [0.2, 0.25) is 0 Å². The van der Waals surface area contributed by atoms with Crippen LogP contribution in [0.15, 0.2) is 36.4 Å². The van der Waals surface area contributed by atoms with Crippen molar-refractivity contribution >= 4 is 6.08 Å². The maximum atomic E-state index is 4.87. The summed E-state index contributed by atoms with van der Waals surface area (Å²) in [6.45, 7) is 0.573. The van der Waals surface area contributed by atoms with Gasteiger partial charge in [0.25, 0.3) is 0 Å². The maximum Gasteiger partial charge on any atom is 0.0713 e. The van der Waals surface area contributed by atoms with Crippen LogP contribution in [0.3, 0.4) is 0 Å². The van der Waals surface area contributed by atoms with E-state index in [-0.39, 0.29) is 0 Å². The van der Waals surface area contributed by atoms with E-state index in [1.165, 1.54) is 5.56 Å². The molecule has 0 aromatic heterocycles. The third kappa shape index (κ3) is 3.32. The van der Waals surface area contributed by atoms with Crippen LogP contribution in [0.25, 0.3) is 6.08 Å². The molecule has 0 spiro atoms. The van der Waals surface area contributed by atoms with E-state index in [2.05, 4.69) is 23.0 Å². The van der Waals surface area contributed by atoms with Gasteiger partial charge in [-0.15, -0.1) is 0 Å². The Morgan fingerprint density at radius 1 is 1.25 bits per heavy atom. The normalized spacial score (nSPS) is 10.8. The number of hydrogen-bond acceptors (Lipinski definition) is 2. The van der Waals surface area contributed by atoms with Crippen LogP contribution in [-0.2, 0) is 4.84 Å². The van der Waals surface area contributed by atoms with E-state index in [4.69, 9.17) is 5.90 Å². The molecule has 0 saturated carbocycles. The topological polar surface area (TPSA) is 35.2 Å². The second kappa shape index (κ2) is 5.52. The van der Waals surface area contributed by atoms with E-state index < -0.39 is 0 Å². The van der Waals surface area contributed by atoms with Crippen LogP contribution in [0.5, 0.6) is 0 Å². The van der Waals surface area contributed by atoms with Crippen LogP contribution in [0.1, 0.15) is 12.0 Å². The molecule has 2 heteroatoms. The lowest BCUT2D eigenvalue weighted by Gasteiger charge is -1.92. The molecule has 0 bridgehead atoms. The third-order valence-electron chi connectivity index (χ3n) is 1.51. The lowest BCUT2D eigenvalue weighted by molar-refractivity contribution is 0.143. The molecule has 64 valence electrons. The number of benzene rings is 1. The van der Waals surface area contributed by atoms with E-state index in [0.29, 0.717) is 6.61 Å². The van der Waals surface area contributed by atoms with E-state index >= 15 is 0 Å². The highest BCUT2D eigenvalue weighted by atomic mass is 16.6. The SMILES string of the molecule is NOCC/C=C/c1ccccc1. The van der Waals surface area contributed by atoms with Crippen molar-refractivity contribution in [2.75, 3.05) is 6.61 Å². The van der Waals surface area contributed by atoms with Gasteiger partial charge in [0.15, 0.2) is 0 Å². The quantitative estimate of drug-likeness (QED) is 0.544. The summed E-state index contributed by atoms with van der Waals surface area (Å²) in [6.07, 6.45) is 4.95. The lowest BCUT2D eigenvalue weighted by atomic mass is 10.2. The molecule has 0 amide bonds. The Balaban J connectivity index is 2.36. The van der Waals surface area contributed by atoms with Gasteiger partial charge in [0, 0.05) is 0 Å². The molecule has 1 aromatic carbocycles. The van der Waals surface area contributed by atoms with Crippen LogP contribution >= 0.6 is 0 Å². The number of hydrogen-bond donors (Lipinski definition) is 1. The molecule has 2 nitrogen and oxygen atoms in total. The minimum Gasteiger partial charge on any atom is -0.304 e. The monoisotopic (exact) mass is 163 g/mol. The first-order valence-electron chi connectivity index (χ1n) is 3.97. The molecule has 0 radical (unpaired) electrons. The zero-order valence-corrected chi connectivity index (χ0v) is 6.94. The zero-order chi connectivity index (χ0) is 8.65. The zero-order valence-electron chi connectivity index (χ0n) is 6.94. The van der Waals surface area contributed by atoms with Crippen molar-refractivity contribution in [3.63, 3.8) is 0 Å². The van der Waals surface area contributed by atoms with Gasteiger partial charge in [-0.05, 0) is 12.0 Å². The first kappa shape index (κ1) is 8.97. The Labute approximate surface area is 72.6 Å². The number of rotatable bonds is 4. The van der Waals surface area contributed by atoms with Gasteiger partial charge in [0.05, 0.1) is 6.61 Å². The molecule has 0 saturated heterocycles. The molecule has 0 unspecified atom stereocenters. The van der Waals surface area contributed by atoms with Crippen LogP contribution in [-0.4, -0.2) is 6.61 Å². The second-order valence-electron chi connectivity index (χ2n) is 2.47. The molecular weight excluding hydrogens is 150 g/mol. The Morgan fingerprint density at radius 3 is 2.67 bits per heavy atom. The fraction of sp³-hybridized carbons (Fsp3) is 0.200. The van der Waals surface area contributed by atoms with Gasteiger partial charge >= 0.3 is 0 Å². The average molecular weight is 163 g/mol. The lowest BCUT2D eigenvalue weighted by Crippen LogP contribution is -1.98. The van der Waals surface area contributed by atoms with E-state index in [9.17, 15) is 0 Å². The molecule has 0 aliphatic heterocycles. The summed E-state index contributed by atoms with van der Waals surface area (Å²) in [4.78, 5) is 4.43. The molecule has 1 rings (SSSR count). The summed E-state index contributed by atoms with van der Waals surface area (Å²) in [6, 6.07) is 10.1. The number of nitrogens with two attached hydrogens (primary N) is 1. The predicted molar refractivity (Wildman–Crippen MR) is 50.2 cm³/mol. The van der Waals surface area contributed by atoms with Crippen molar-refractivity contribution in [1.29, 1.82) is 0 Å². The van der Waals surface area contributed by atoms with Crippen LogP contribution in [0, 0.1) is 0 Å². The highest BCUT2D eigenvalue weighted by Crippen LogP contribution is 2.01. The Bertz CT molecular complexity index is 231. The Morgan fingerprint density at radius 2 is 2.00 bits per heavy atom. The maximum absolute atomic E-state index is 4.87. The van der Waals surface area contributed by atoms with Gasteiger partial charge < -0.3 is 4.84 Å². The summed E-state index contributed by atoms with van der Waals surface area (Å²) < 4.78 is 0. The average Bonchev–Trinajstić information content (AvgIpc) is 2.14. The van der Waals surface area contributed by atoms with E-state index in [1.807, 2.05) is 24.3 Å². The van der Waals surface area contributed by atoms with Crippen molar-refractivity contribution in [3.05, 3.63) is 42.0 Å². The standard InChI is InChI=1S/C10H13NO/c11-12-9-5-4-8-10-6-2-1-3-7-10/h1-4,6-8H,5,9,11H2/b8-4+. The predicted octanol–water partition coefficient (Wildman–Crippen LogP) is 1.98. The summed E-state index contributed by atoms with van der Waals surface area (Å²) in [5.74, 6) is 4.87. The van der Waals surface area contributed by atoms with Crippen molar-refractivity contribution < 1.29 is 4.84 Å². The molecule has 0 fully saturated rings. The molecule has 0 aliphatic rings. The Kier molecular flexibility index (Phi) is 4.13. The minimum atomic E-state index is 0.573. The van der Waals surface area contributed by atoms with Gasteiger partial charge in [-0.2, -0.15) is 0 Å². The molecule has 0 atom stereocenters. The van der Waals surface area contributed by atoms with Crippen LogP contribution < -0.4 is 5.90 Å². The summed E-state index contributed by atoms with van der Waals surface area (Å²) in [5, 5.41) is 0. The fourth-order valence-electron chi connectivity index (χ4n) is 0.920. The van der Waals surface area contributed by atoms with E-state index in [1.54, 1.807) is 0 Å². The second-order valence-corrected chi connectivity index (χ2v) is 2.47. The summed E-state index contributed by atoms with van der Waals surface area (Å²) in [5.41, 5.74) is 1.20. The molecule has 12 heavy (non-hydrogen) atoms. The van der Waals surface area contributed by atoms with Crippen molar-refractivity contribution in [3.8, 4) is 0 Å². The molecule has 0 heterocycles. The molecule has 2 N–H and O–H groups in total. The van der Waals surface area contributed by atoms with Gasteiger partial charge in [-0.25, -0.2) is 5.90 Å². The van der Waals surface area contributed by atoms with Gasteiger partial charge in [-0.1, -0.05) is 42.5 Å². The van der Waals surface area contributed by atoms with Crippen molar-refractivity contribution in [2.45, 2.75) is 6.42 Å². The minimum absolute atomic E-state index is 0.573. The highest BCUT2D eigenvalue weighted by Gasteiger charge is 1.82. The molecule has 1 aromatic rings. The van der Waals surface area contributed by atoms with Crippen molar-refractivity contribution in [2.24, 2.45) is 5.90 Å². The third-order valence-corrected chi connectivity index (χ3v) is 1.51. The summed E-state index contributed by atoms with van der Waals surface area (Å²) >= 11 is 0. The van der Waals surface area contributed by atoms with Gasteiger partial charge in [0.1, 0.15) is 0 Å². The fourth-order valence-corrected chi connectivity index (χ4v) is 0.920. The largest absolute Gasteiger partial charge is 0.304 e. The molecular formula is C10H13NO. The first-order valence-corrected chi connectivity index (χ1v) is 3.97. The Hall–Kier alpha value is -1.12.